The van der Waals surface area contributed by atoms with Crippen molar-refractivity contribution in [2.45, 2.75) is 51.7 Å². The first-order chi connectivity index (χ1) is 11.8. The van der Waals surface area contributed by atoms with Crippen LogP contribution in [0.5, 0.6) is 0 Å². The molecule has 0 unspecified atom stereocenters. The van der Waals surface area contributed by atoms with Crippen molar-refractivity contribution in [2.24, 2.45) is 0 Å². The topological polar surface area (TPSA) is 74.4 Å². The van der Waals surface area contributed by atoms with E-state index in [1.54, 1.807) is 0 Å². The molecule has 130 valence electrons. The third kappa shape index (κ3) is 4.26. The molecule has 1 aromatic carbocycles. The molecule has 2 N–H and O–H groups in total. The Balaban J connectivity index is 1.62. The summed E-state index contributed by atoms with van der Waals surface area (Å²) in [5, 5.41) is 17.1. The number of nitrogens with one attached hydrogen (secondary N) is 1. The molecule has 6 heteroatoms. The van der Waals surface area contributed by atoms with Gasteiger partial charge in [-0.15, -0.1) is 0 Å². The summed E-state index contributed by atoms with van der Waals surface area (Å²) in [6.07, 6.45) is 4.50. The summed E-state index contributed by atoms with van der Waals surface area (Å²) in [7, 11) is 0. The van der Waals surface area contributed by atoms with E-state index < -0.39 is 0 Å². The molecule has 3 rings (SSSR count). The number of hydrogen-bond donors (Lipinski definition) is 2. The molecule has 1 fully saturated rings. The highest BCUT2D eigenvalue weighted by molar-refractivity contribution is 5.70. The van der Waals surface area contributed by atoms with Crippen LogP contribution in [0.25, 0.3) is 0 Å². The van der Waals surface area contributed by atoms with Crippen LogP contribution in [-0.2, 0) is 13.0 Å². The summed E-state index contributed by atoms with van der Waals surface area (Å²) in [4.78, 5) is 6.75. The minimum absolute atomic E-state index is 0.165. The largest absolute Gasteiger partial charge is 0.393 e. The van der Waals surface area contributed by atoms with Gasteiger partial charge in [0, 0.05) is 19.5 Å². The Bertz CT molecular complexity index is 635. The van der Waals surface area contributed by atoms with Crippen LogP contribution in [0.2, 0.25) is 0 Å². The fourth-order valence-corrected chi connectivity index (χ4v) is 2.97. The maximum atomic E-state index is 9.69. The third-order valence-electron chi connectivity index (χ3n) is 4.40. The Morgan fingerprint density at radius 2 is 2.08 bits per heavy atom. The molecule has 0 saturated carbocycles. The number of benzene rings is 1. The monoisotopic (exact) mass is 330 g/mol. The lowest BCUT2D eigenvalue weighted by Gasteiger charge is -2.32. The van der Waals surface area contributed by atoms with E-state index in [1.165, 1.54) is 5.69 Å². The molecule has 1 saturated heterocycles. The van der Waals surface area contributed by atoms with E-state index in [1.807, 2.05) is 12.1 Å². The number of para-hydroxylation sites is 2. The van der Waals surface area contributed by atoms with Crippen molar-refractivity contribution >= 4 is 11.4 Å². The molecule has 6 nitrogen and oxygen atoms in total. The maximum Gasteiger partial charge on any atom is 0.226 e. The first-order valence-electron chi connectivity index (χ1n) is 8.83. The average Bonchev–Trinajstić information content (AvgIpc) is 3.07. The van der Waals surface area contributed by atoms with Crippen molar-refractivity contribution < 1.29 is 9.63 Å². The van der Waals surface area contributed by atoms with Crippen molar-refractivity contribution in [2.75, 3.05) is 23.3 Å². The maximum absolute atomic E-state index is 9.69. The van der Waals surface area contributed by atoms with Crippen LogP contribution >= 0.6 is 0 Å². The second-order valence-electron chi connectivity index (χ2n) is 6.30. The number of aliphatic hydroxyl groups is 1. The van der Waals surface area contributed by atoms with Gasteiger partial charge in [0.25, 0.3) is 0 Å². The van der Waals surface area contributed by atoms with Crippen LogP contribution in [0.4, 0.5) is 11.4 Å². The van der Waals surface area contributed by atoms with Crippen molar-refractivity contribution in [3.8, 4) is 0 Å². The Hall–Kier alpha value is -2.08. The van der Waals surface area contributed by atoms with E-state index in [2.05, 4.69) is 39.4 Å². The van der Waals surface area contributed by atoms with Gasteiger partial charge in [-0.3, -0.25) is 0 Å². The van der Waals surface area contributed by atoms with Crippen LogP contribution in [-0.4, -0.2) is 34.4 Å². The molecule has 0 radical (unpaired) electrons. The zero-order chi connectivity index (χ0) is 16.8. The number of aryl methyl sites for hydroxylation is 1. The van der Waals surface area contributed by atoms with E-state index in [9.17, 15) is 5.11 Å². The summed E-state index contributed by atoms with van der Waals surface area (Å²) in [5.41, 5.74) is 2.23. The lowest BCUT2D eigenvalue weighted by molar-refractivity contribution is 0.145. The molecule has 2 aromatic rings. The Kier molecular flexibility index (Phi) is 5.69. The highest BCUT2D eigenvalue weighted by Crippen LogP contribution is 2.28. The fourth-order valence-electron chi connectivity index (χ4n) is 2.97. The fraction of sp³-hybridized carbons (Fsp3) is 0.556. The summed E-state index contributed by atoms with van der Waals surface area (Å²) >= 11 is 0. The first kappa shape index (κ1) is 16.8. The van der Waals surface area contributed by atoms with Gasteiger partial charge in [0.1, 0.15) is 0 Å². The van der Waals surface area contributed by atoms with Gasteiger partial charge in [-0.2, -0.15) is 4.98 Å². The van der Waals surface area contributed by atoms with Gasteiger partial charge in [0.15, 0.2) is 5.82 Å². The molecule has 0 amide bonds. The number of anilines is 2. The molecule has 1 aliphatic heterocycles. The summed E-state index contributed by atoms with van der Waals surface area (Å²) in [5.74, 6) is 1.40. The normalized spacial score (nSPS) is 15.7. The molecule has 24 heavy (non-hydrogen) atoms. The second kappa shape index (κ2) is 8.15. The number of nitrogens with zero attached hydrogens (tertiary/aromatic N) is 3. The zero-order valence-corrected chi connectivity index (χ0v) is 14.2. The highest BCUT2D eigenvalue weighted by atomic mass is 16.5. The van der Waals surface area contributed by atoms with E-state index in [-0.39, 0.29) is 6.10 Å². The van der Waals surface area contributed by atoms with Gasteiger partial charge in [-0.1, -0.05) is 30.6 Å². The molecular formula is C18H26N4O2. The van der Waals surface area contributed by atoms with Crippen molar-refractivity contribution in [3.05, 3.63) is 36.0 Å². The van der Waals surface area contributed by atoms with Crippen LogP contribution < -0.4 is 10.2 Å². The molecular weight excluding hydrogens is 304 g/mol. The third-order valence-corrected chi connectivity index (χ3v) is 4.40. The average molecular weight is 330 g/mol. The van der Waals surface area contributed by atoms with Gasteiger partial charge < -0.3 is 19.8 Å². The Morgan fingerprint density at radius 1 is 1.29 bits per heavy atom. The number of piperidine rings is 1. The zero-order valence-electron chi connectivity index (χ0n) is 14.2. The van der Waals surface area contributed by atoms with Crippen molar-refractivity contribution in [1.29, 1.82) is 0 Å². The van der Waals surface area contributed by atoms with Gasteiger partial charge in [0.05, 0.1) is 24.0 Å². The number of aliphatic hydroxyl groups excluding tert-OH is 1. The lowest BCUT2D eigenvalue weighted by Crippen LogP contribution is -2.36. The summed E-state index contributed by atoms with van der Waals surface area (Å²) < 4.78 is 5.27. The minimum Gasteiger partial charge on any atom is -0.393 e. The summed E-state index contributed by atoms with van der Waals surface area (Å²) in [6.45, 7) is 4.45. The summed E-state index contributed by atoms with van der Waals surface area (Å²) in [6, 6.07) is 8.25. The molecule has 0 bridgehead atoms. The number of hydrogen-bond acceptors (Lipinski definition) is 6. The van der Waals surface area contributed by atoms with Gasteiger partial charge in [0.2, 0.25) is 5.89 Å². The minimum atomic E-state index is -0.165. The van der Waals surface area contributed by atoms with Crippen LogP contribution in [0.1, 0.15) is 44.3 Å². The molecule has 1 aliphatic rings. The number of unbranched alkanes of at least 4 members (excludes halogenated alkanes) is 1. The molecule has 0 aliphatic carbocycles. The molecule has 0 spiro atoms. The SMILES string of the molecule is CCCCc1nc(CNc2ccccc2N2CCC(O)CC2)no1. The predicted molar refractivity (Wildman–Crippen MR) is 94.1 cm³/mol. The number of rotatable bonds is 7. The number of aromatic nitrogens is 2. The predicted octanol–water partition coefficient (Wildman–Crippen LogP) is 2.99. The van der Waals surface area contributed by atoms with E-state index in [4.69, 9.17) is 4.52 Å². The highest BCUT2D eigenvalue weighted by Gasteiger charge is 2.19. The molecule has 1 aromatic heterocycles. The van der Waals surface area contributed by atoms with Crippen LogP contribution in [0.15, 0.2) is 28.8 Å². The first-order valence-corrected chi connectivity index (χ1v) is 8.83. The second-order valence-corrected chi connectivity index (χ2v) is 6.30. The van der Waals surface area contributed by atoms with E-state index in [0.29, 0.717) is 18.3 Å². The Morgan fingerprint density at radius 3 is 2.88 bits per heavy atom. The Labute approximate surface area is 142 Å². The van der Waals surface area contributed by atoms with Crippen molar-refractivity contribution in [3.63, 3.8) is 0 Å². The van der Waals surface area contributed by atoms with Crippen LogP contribution in [0, 0.1) is 0 Å². The standard InChI is InChI=1S/C18H26N4O2/c1-2-3-8-18-20-17(21-24-18)13-19-15-6-4-5-7-16(15)22-11-9-14(23)10-12-22/h4-7,14,19,23H,2-3,8-13H2,1H3. The van der Waals surface area contributed by atoms with Gasteiger partial charge >= 0.3 is 0 Å². The lowest BCUT2D eigenvalue weighted by atomic mass is 10.1. The van der Waals surface area contributed by atoms with Gasteiger partial charge in [-0.05, 0) is 31.4 Å². The quantitative estimate of drug-likeness (QED) is 0.813. The van der Waals surface area contributed by atoms with Crippen molar-refractivity contribution in [1.82, 2.24) is 10.1 Å². The van der Waals surface area contributed by atoms with E-state index >= 15 is 0 Å². The molecule has 2 heterocycles. The van der Waals surface area contributed by atoms with Crippen LogP contribution in [0.3, 0.4) is 0 Å². The van der Waals surface area contributed by atoms with Gasteiger partial charge in [-0.25, -0.2) is 0 Å². The smallest absolute Gasteiger partial charge is 0.226 e. The van der Waals surface area contributed by atoms with E-state index in [0.717, 1.165) is 50.9 Å². The molecule has 0 atom stereocenters.